The molecule has 2 aromatic carbocycles. The molecule has 1 amide bonds. The van der Waals surface area contributed by atoms with Gasteiger partial charge in [0.2, 0.25) is 5.91 Å². The first kappa shape index (κ1) is 20.6. The molecule has 6 heteroatoms. The number of hydrogen-bond acceptors (Lipinski definition) is 4. The van der Waals surface area contributed by atoms with Crippen molar-refractivity contribution in [2.45, 2.75) is 39.8 Å². The third-order valence-electron chi connectivity index (χ3n) is 5.45. The van der Waals surface area contributed by atoms with Gasteiger partial charge in [0, 0.05) is 30.9 Å². The lowest BCUT2D eigenvalue weighted by molar-refractivity contribution is -0.121. The summed E-state index contributed by atoms with van der Waals surface area (Å²) in [6, 6.07) is 18.6. The van der Waals surface area contributed by atoms with E-state index in [4.69, 9.17) is 4.52 Å². The Morgan fingerprint density at radius 3 is 2.58 bits per heavy atom. The standard InChI is InChI=1S/C25H26N4O2/c1-18-23(19(2)31-28-18)12-13-25(30)26-16-22-6-3-4-7-24(22)21-10-8-20(9-11-21)17-29-15-5-14-27-29/h3-11,14-15H,12-13,16-17H2,1-2H3,(H,26,30). The van der Waals surface area contributed by atoms with E-state index in [1.165, 1.54) is 5.56 Å². The van der Waals surface area contributed by atoms with Crippen LogP contribution in [0.15, 0.2) is 71.5 Å². The van der Waals surface area contributed by atoms with Crippen LogP contribution in [0, 0.1) is 13.8 Å². The van der Waals surface area contributed by atoms with Crippen LogP contribution in [0.5, 0.6) is 0 Å². The lowest BCUT2D eigenvalue weighted by Crippen LogP contribution is -2.23. The lowest BCUT2D eigenvalue weighted by Gasteiger charge is -2.12. The van der Waals surface area contributed by atoms with Gasteiger partial charge in [0.25, 0.3) is 0 Å². The Labute approximate surface area is 181 Å². The van der Waals surface area contributed by atoms with E-state index in [-0.39, 0.29) is 5.91 Å². The zero-order valence-electron chi connectivity index (χ0n) is 17.8. The molecule has 2 aromatic heterocycles. The van der Waals surface area contributed by atoms with Gasteiger partial charge >= 0.3 is 0 Å². The van der Waals surface area contributed by atoms with Crippen molar-refractivity contribution in [2.24, 2.45) is 0 Å². The molecule has 0 aliphatic carbocycles. The average Bonchev–Trinajstić information content (AvgIpc) is 3.41. The highest BCUT2D eigenvalue weighted by Crippen LogP contribution is 2.24. The van der Waals surface area contributed by atoms with Crippen molar-refractivity contribution in [1.82, 2.24) is 20.3 Å². The molecule has 0 saturated heterocycles. The Hall–Kier alpha value is -3.67. The molecule has 0 radical (unpaired) electrons. The number of nitrogens with one attached hydrogen (secondary N) is 1. The summed E-state index contributed by atoms with van der Waals surface area (Å²) in [7, 11) is 0. The third kappa shape index (κ3) is 5.09. The van der Waals surface area contributed by atoms with Gasteiger partial charge in [-0.15, -0.1) is 0 Å². The molecule has 0 bridgehead atoms. The first-order valence-corrected chi connectivity index (χ1v) is 10.4. The minimum absolute atomic E-state index is 0.0179. The van der Waals surface area contributed by atoms with E-state index < -0.39 is 0 Å². The number of hydrogen-bond donors (Lipinski definition) is 1. The summed E-state index contributed by atoms with van der Waals surface area (Å²) in [6.07, 6.45) is 4.78. The van der Waals surface area contributed by atoms with E-state index in [2.05, 4.69) is 52.0 Å². The van der Waals surface area contributed by atoms with E-state index in [0.29, 0.717) is 19.4 Å². The van der Waals surface area contributed by atoms with Crippen molar-refractivity contribution < 1.29 is 9.32 Å². The second-order valence-corrected chi connectivity index (χ2v) is 7.64. The maximum atomic E-state index is 12.4. The van der Waals surface area contributed by atoms with E-state index in [9.17, 15) is 4.79 Å². The maximum absolute atomic E-state index is 12.4. The Bertz CT molecular complexity index is 1130. The summed E-state index contributed by atoms with van der Waals surface area (Å²) in [5.74, 6) is 0.802. The summed E-state index contributed by atoms with van der Waals surface area (Å²) in [4.78, 5) is 12.4. The zero-order valence-corrected chi connectivity index (χ0v) is 17.8. The van der Waals surface area contributed by atoms with Gasteiger partial charge in [0.15, 0.2) is 0 Å². The largest absolute Gasteiger partial charge is 0.361 e. The van der Waals surface area contributed by atoms with Crippen LogP contribution in [-0.4, -0.2) is 20.8 Å². The van der Waals surface area contributed by atoms with Crippen molar-refractivity contribution in [3.8, 4) is 11.1 Å². The van der Waals surface area contributed by atoms with Gasteiger partial charge in [-0.25, -0.2) is 0 Å². The molecule has 2 heterocycles. The highest BCUT2D eigenvalue weighted by atomic mass is 16.5. The highest BCUT2D eigenvalue weighted by Gasteiger charge is 2.12. The molecule has 0 saturated carbocycles. The molecule has 158 valence electrons. The molecule has 6 nitrogen and oxygen atoms in total. The number of carbonyl (C=O) groups excluding carboxylic acids is 1. The van der Waals surface area contributed by atoms with Crippen LogP contribution in [0.25, 0.3) is 11.1 Å². The van der Waals surface area contributed by atoms with Crippen molar-refractivity contribution in [2.75, 3.05) is 0 Å². The third-order valence-corrected chi connectivity index (χ3v) is 5.45. The SMILES string of the molecule is Cc1noc(C)c1CCC(=O)NCc1ccccc1-c1ccc(Cn2cccn2)cc1. The maximum Gasteiger partial charge on any atom is 0.220 e. The molecular weight excluding hydrogens is 388 g/mol. The summed E-state index contributed by atoms with van der Waals surface area (Å²) >= 11 is 0. The Balaban J connectivity index is 1.38. The minimum atomic E-state index is 0.0179. The monoisotopic (exact) mass is 414 g/mol. The predicted molar refractivity (Wildman–Crippen MR) is 119 cm³/mol. The smallest absolute Gasteiger partial charge is 0.220 e. The second-order valence-electron chi connectivity index (χ2n) is 7.64. The summed E-state index contributed by atoms with van der Waals surface area (Å²) in [5, 5.41) is 11.3. The topological polar surface area (TPSA) is 73.0 Å². The Morgan fingerprint density at radius 1 is 1.06 bits per heavy atom. The van der Waals surface area contributed by atoms with Crippen molar-refractivity contribution >= 4 is 5.91 Å². The van der Waals surface area contributed by atoms with Gasteiger partial charge in [0.05, 0.1) is 12.2 Å². The fourth-order valence-corrected chi connectivity index (χ4v) is 3.71. The van der Waals surface area contributed by atoms with E-state index in [0.717, 1.165) is 40.3 Å². The molecule has 0 atom stereocenters. The van der Waals surface area contributed by atoms with Gasteiger partial charge in [-0.3, -0.25) is 9.48 Å². The Morgan fingerprint density at radius 2 is 1.87 bits per heavy atom. The predicted octanol–water partition coefficient (Wildman–Crippen LogP) is 4.45. The summed E-state index contributed by atoms with van der Waals surface area (Å²) < 4.78 is 7.08. The van der Waals surface area contributed by atoms with Crippen molar-refractivity contribution in [3.05, 3.63) is 95.1 Å². The van der Waals surface area contributed by atoms with Crippen LogP contribution in [0.3, 0.4) is 0 Å². The molecule has 1 N–H and O–H groups in total. The molecule has 0 unspecified atom stereocenters. The van der Waals surface area contributed by atoms with Gasteiger partial charge in [-0.2, -0.15) is 5.10 Å². The number of aryl methyl sites for hydroxylation is 2. The van der Waals surface area contributed by atoms with Gasteiger partial charge < -0.3 is 9.84 Å². The second kappa shape index (κ2) is 9.43. The van der Waals surface area contributed by atoms with Crippen LogP contribution in [-0.2, 0) is 24.3 Å². The quantitative estimate of drug-likeness (QED) is 0.462. The highest BCUT2D eigenvalue weighted by molar-refractivity contribution is 5.77. The van der Waals surface area contributed by atoms with Gasteiger partial charge in [-0.05, 0) is 48.6 Å². The van der Waals surface area contributed by atoms with E-state index in [1.807, 2.05) is 42.9 Å². The number of amides is 1. The number of carbonyl (C=O) groups is 1. The molecule has 0 fully saturated rings. The molecule has 4 aromatic rings. The van der Waals surface area contributed by atoms with Crippen LogP contribution >= 0.6 is 0 Å². The van der Waals surface area contributed by atoms with Crippen LogP contribution < -0.4 is 5.32 Å². The van der Waals surface area contributed by atoms with E-state index >= 15 is 0 Å². The molecule has 0 aliphatic rings. The minimum Gasteiger partial charge on any atom is -0.361 e. The number of nitrogens with zero attached hydrogens (tertiary/aromatic N) is 3. The average molecular weight is 415 g/mol. The molecule has 0 aliphatic heterocycles. The molecular formula is C25H26N4O2. The fourth-order valence-electron chi connectivity index (χ4n) is 3.71. The molecule has 4 rings (SSSR count). The van der Waals surface area contributed by atoms with Gasteiger partial charge in [0.1, 0.15) is 5.76 Å². The molecule has 31 heavy (non-hydrogen) atoms. The summed E-state index contributed by atoms with van der Waals surface area (Å²) in [6.45, 7) is 5.02. The fraction of sp³-hybridized carbons (Fsp3) is 0.240. The Kier molecular flexibility index (Phi) is 6.26. The number of rotatable bonds is 8. The normalized spacial score (nSPS) is 10.9. The molecule has 0 spiro atoms. The lowest BCUT2D eigenvalue weighted by atomic mass is 9.98. The van der Waals surface area contributed by atoms with Crippen LogP contribution in [0.4, 0.5) is 0 Å². The van der Waals surface area contributed by atoms with Crippen LogP contribution in [0.1, 0.15) is 34.6 Å². The van der Waals surface area contributed by atoms with Gasteiger partial charge in [-0.1, -0.05) is 53.7 Å². The number of benzene rings is 2. The number of aromatic nitrogens is 3. The zero-order chi connectivity index (χ0) is 21.6. The first-order valence-electron chi connectivity index (χ1n) is 10.4. The van der Waals surface area contributed by atoms with Crippen LogP contribution in [0.2, 0.25) is 0 Å². The van der Waals surface area contributed by atoms with Crippen molar-refractivity contribution in [1.29, 1.82) is 0 Å². The van der Waals surface area contributed by atoms with Crippen molar-refractivity contribution in [3.63, 3.8) is 0 Å². The van der Waals surface area contributed by atoms with E-state index in [1.54, 1.807) is 6.20 Å². The first-order chi connectivity index (χ1) is 15.1. The summed E-state index contributed by atoms with van der Waals surface area (Å²) in [5.41, 5.74) is 6.41.